The van der Waals surface area contributed by atoms with Gasteiger partial charge in [-0.1, -0.05) is 30.3 Å². The molecule has 1 amide bonds. The van der Waals surface area contributed by atoms with Crippen molar-refractivity contribution < 1.29 is 18.7 Å². The molecule has 1 aliphatic heterocycles. The third kappa shape index (κ3) is 4.97. The van der Waals surface area contributed by atoms with Crippen molar-refractivity contribution in [2.45, 2.75) is 6.54 Å². The maximum absolute atomic E-state index is 13.3. The number of para-hydroxylation sites is 1. The van der Waals surface area contributed by atoms with E-state index in [0.717, 1.165) is 16.5 Å². The molecule has 2 aromatic carbocycles. The summed E-state index contributed by atoms with van der Waals surface area (Å²) in [5.74, 6) is 0.973. The highest BCUT2D eigenvalue weighted by Gasteiger charge is 2.21. The van der Waals surface area contributed by atoms with Crippen LogP contribution >= 0.6 is 0 Å². The monoisotopic (exact) mass is 458 g/mol. The first-order chi connectivity index (χ1) is 16.7. The minimum atomic E-state index is -0.368. The number of nitrogens with one attached hydrogen (secondary N) is 1. The Hall–Kier alpha value is -4.04. The first-order valence-electron chi connectivity index (χ1n) is 11.0. The summed E-state index contributed by atoms with van der Waals surface area (Å²) in [7, 11) is 0. The van der Waals surface area contributed by atoms with E-state index in [1.54, 1.807) is 30.5 Å². The van der Waals surface area contributed by atoms with E-state index in [-0.39, 0.29) is 11.7 Å². The summed E-state index contributed by atoms with van der Waals surface area (Å²) in [6.07, 6.45) is 1.68. The molecule has 0 saturated carbocycles. The van der Waals surface area contributed by atoms with Crippen LogP contribution in [-0.4, -0.2) is 47.1 Å². The summed E-state index contributed by atoms with van der Waals surface area (Å²) in [4.78, 5) is 24.0. The van der Waals surface area contributed by atoms with Crippen molar-refractivity contribution in [2.75, 3.05) is 31.6 Å². The molecule has 7 nitrogen and oxygen atoms in total. The van der Waals surface area contributed by atoms with Crippen LogP contribution < -0.4 is 10.1 Å². The summed E-state index contributed by atoms with van der Waals surface area (Å²) in [5, 5.41) is 4.12. The van der Waals surface area contributed by atoms with E-state index in [4.69, 9.17) is 9.47 Å². The Labute approximate surface area is 196 Å². The molecule has 1 saturated heterocycles. The molecule has 0 bridgehead atoms. The molecule has 0 spiro atoms. The van der Waals surface area contributed by atoms with Gasteiger partial charge in [0, 0.05) is 43.4 Å². The molecule has 8 heteroatoms. The van der Waals surface area contributed by atoms with Crippen LogP contribution in [0.15, 0.2) is 72.9 Å². The Morgan fingerprint density at radius 2 is 1.91 bits per heavy atom. The van der Waals surface area contributed by atoms with E-state index < -0.39 is 0 Å². The lowest BCUT2D eigenvalue weighted by Crippen LogP contribution is -2.40. The lowest BCUT2D eigenvalue weighted by Gasteiger charge is -2.27. The van der Waals surface area contributed by atoms with Crippen molar-refractivity contribution >= 4 is 22.6 Å². The topological polar surface area (TPSA) is 76.6 Å². The standard InChI is InChI=1S/C26H23FN4O3/c27-19-4-3-5-20(14-19)34-25-9-8-18(17-29-25)16-28-24-15-22(21-6-1-2-7-23(21)30-24)26(32)31-10-12-33-13-11-31/h1-9,14-15,17H,10-13,16H2,(H,28,30). The number of halogens is 1. The maximum Gasteiger partial charge on any atom is 0.254 e. The number of rotatable bonds is 6. The van der Waals surface area contributed by atoms with E-state index in [1.807, 2.05) is 35.2 Å². The number of anilines is 1. The van der Waals surface area contributed by atoms with Crippen LogP contribution in [0.1, 0.15) is 15.9 Å². The van der Waals surface area contributed by atoms with E-state index in [2.05, 4.69) is 15.3 Å². The number of fused-ring (bicyclic) bond motifs is 1. The number of hydrogen-bond acceptors (Lipinski definition) is 6. The number of nitrogens with zero attached hydrogens (tertiary/aromatic N) is 3. The van der Waals surface area contributed by atoms with Gasteiger partial charge in [0.25, 0.3) is 5.91 Å². The number of benzene rings is 2. The van der Waals surface area contributed by atoms with Gasteiger partial charge in [0.2, 0.25) is 5.88 Å². The first-order valence-corrected chi connectivity index (χ1v) is 11.0. The van der Waals surface area contributed by atoms with Gasteiger partial charge < -0.3 is 19.7 Å². The number of amides is 1. The molecule has 0 atom stereocenters. The molecular weight excluding hydrogens is 435 g/mol. The van der Waals surface area contributed by atoms with Crippen LogP contribution in [0.3, 0.4) is 0 Å². The highest BCUT2D eigenvalue weighted by atomic mass is 19.1. The van der Waals surface area contributed by atoms with Gasteiger partial charge in [0.1, 0.15) is 17.4 Å². The molecule has 2 aromatic heterocycles. The number of carbonyl (C=O) groups is 1. The van der Waals surface area contributed by atoms with Gasteiger partial charge in [-0.25, -0.2) is 14.4 Å². The summed E-state index contributed by atoms with van der Waals surface area (Å²) in [6.45, 7) is 2.71. The average molecular weight is 458 g/mol. The lowest BCUT2D eigenvalue weighted by molar-refractivity contribution is 0.0304. The lowest BCUT2D eigenvalue weighted by atomic mass is 10.1. The Balaban J connectivity index is 1.31. The molecule has 3 heterocycles. The molecule has 1 N–H and O–H groups in total. The predicted octanol–water partition coefficient (Wildman–Crippen LogP) is 4.65. The van der Waals surface area contributed by atoms with E-state index >= 15 is 0 Å². The molecule has 0 radical (unpaired) electrons. The van der Waals surface area contributed by atoms with Crippen LogP contribution in [0.4, 0.5) is 10.2 Å². The van der Waals surface area contributed by atoms with Crippen molar-refractivity contribution in [1.29, 1.82) is 0 Å². The second-order valence-electron chi connectivity index (χ2n) is 7.89. The van der Waals surface area contributed by atoms with Crippen LogP contribution in [0.2, 0.25) is 0 Å². The Morgan fingerprint density at radius 3 is 2.71 bits per heavy atom. The third-order valence-electron chi connectivity index (χ3n) is 5.53. The van der Waals surface area contributed by atoms with Gasteiger partial charge in [-0.3, -0.25) is 4.79 Å². The number of ether oxygens (including phenoxy) is 2. The van der Waals surface area contributed by atoms with Gasteiger partial charge in [-0.2, -0.15) is 0 Å². The normalized spacial score (nSPS) is 13.6. The van der Waals surface area contributed by atoms with Crippen molar-refractivity contribution in [3.05, 3.63) is 89.9 Å². The fourth-order valence-electron chi connectivity index (χ4n) is 3.80. The fraction of sp³-hybridized carbons (Fsp3) is 0.192. The zero-order valence-corrected chi connectivity index (χ0v) is 18.4. The Kier molecular flexibility index (Phi) is 6.31. The average Bonchev–Trinajstić information content (AvgIpc) is 2.88. The minimum absolute atomic E-state index is 0.0227. The zero-order valence-electron chi connectivity index (χ0n) is 18.4. The van der Waals surface area contributed by atoms with E-state index in [0.29, 0.717) is 55.9 Å². The Bertz CT molecular complexity index is 1310. The molecule has 4 aromatic rings. The van der Waals surface area contributed by atoms with Gasteiger partial charge >= 0.3 is 0 Å². The number of carbonyl (C=O) groups excluding carboxylic acids is 1. The predicted molar refractivity (Wildman–Crippen MR) is 127 cm³/mol. The number of morpholine rings is 1. The van der Waals surface area contributed by atoms with Crippen LogP contribution in [0.5, 0.6) is 11.6 Å². The van der Waals surface area contributed by atoms with Crippen molar-refractivity contribution in [3.63, 3.8) is 0 Å². The summed E-state index contributed by atoms with van der Waals surface area (Å²) < 4.78 is 24.3. The quantitative estimate of drug-likeness (QED) is 0.454. The second kappa shape index (κ2) is 9.84. The highest BCUT2D eigenvalue weighted by molar-refractivity contribution is 6.07. The second-order valence-corrected chi connectivity index (χ2v) is 7.89. The summed E-state index contributed by atoms with van der Waals surface area (Å²) in [5.41, 5.74) is 2.27. The first kappa shape index (κ1) is 21.8. The molecule has 0 unspecified atom stereocenters. The molecule has 34 heavy (non-hydrogen) atoms. The number of hydrogen-bond donors (Lipinski definition) is 1. The number of pyridine rings is 2. The molecule has 0 aliphatic carbocycles. The van der Waals surface area contributed by atoms with E-state index in [1.165, 1.54) is 12.1 Å². The SMILES string of the molecule is O=C(c1cc(NCc2ccc(Oc3cccc(F)c3)nc2)nc2ccccc12)N1CCOCC1. The van der Waals surface area contributed by atoms with Crippen molar-refractivity contribution in [1.82, 2.24) is 14.9 Å². The van der Waals surface area contributed by atoms with Gasteiger partial charge in [0.05, 0.1) is 24.3 Å². The van der Waals surface area contributed by atoms with Crippen molar-refractivity contribution in [3.8, 4) is 11.6 Å². The largest absolute Gasteiger partial charge is 0.439 e. The zero-order chi connectivity index (χ0) is 23.3. The third-order valence-corrected chi connectivity index (χ3v) is 5.53. The van der Waals surface area contributed by atoms with Crippen molar-refractivity contribution in [2.24, 2.45) is 0 Å². The highest BCUT2D eigenvalue weighted by Crippen LogP contribution is 2.24. The van der Waals surface area contributed by atoms with Gasteiger partial charge in [-0.15, -0.1) is 0 Å². The number of aromatic nitrogens is 2. The Morgan fingerprint density at radius 1 is 1.06 bits per heavy atom. The molecule has 172 valence electrons. The van der Waals surface area contributed by atoms with Crippen LogP contribution in [-0.2, 0) is 11.3 Å². The van der Waals surface area contributed by atoms with Gasteiger partial charge in [0.15, 0.2) is 0 Å². The van der Waals surface area contributed by atoms with E-state index in [9.17, 15) is 9.18 Å². The molecule has 1 fully saturated rings. The molecule has 5 rings (SSSR count). The van der Waals surface area contributed by atoms with Crippen LogP contribution in [0, 0.1) is 5.82 Å². The molecular formula is C26H23FN4O3. The summed E-state index contributed by atoms with van der Waals surface area (Å²) in [6, 6.07) is 18.9. The maximum atomic E-state index is 13.3. The smallest absolute Gasteiger partial charge is 0.254 e. The summed E-state index contributed by atoms with van der Waals surface area (Å²) >= 11 is 0. The molecule has 1 aliphatic rings. The van der Waals surface area contributed by atoms with Gasteiger partial charge in [-0.05, 0) is 29.8 Å². The minimum Gasteiger partial charge on any atom is -0.439 e. The van der Waals surface area contributed by atoms with Crippen LogP contribution in [0.25, 0.3) is 10.9 Å². The fourth-order valence-corrected chi connectivity index (χ4v) is 3.80.